The van der Waals surface area contributed by atoms with Crippen molar-refractivity contribution in [3.8, 4) is 10.7 Å². The summed E-state index contributed by atoms with van der Waals surface area (Å²) in [6.45, 7) is 4.30. The zero-order valence-electron chi connectivity index (χ0n) is 11.1. The predicted molar refractivity (Wildman–Crippen MR) is 77.2 cm³/mol. The Kier molecular flexibility index (Phi) is 3.84. The van der Waals surface area contributed by atoms with Gasteiger partial charge < -0.3 is 5.32 Å². The van der Waals surface area contributed by atoms with E-state index in [1.807, 2.05) is 17.9 Å². The van der Waals surface area contributed by atoms with Crippen LogP contribution in [0, 0.1) is 5.92 Å². The highest BCUT2D eigenvalue weighted by Gasteiger charge is 2.20. The molecule has 100 valence electrons. The first-order valence-electron chi connectivity index (χ1n) is 6.81. The van der Waals surface area contributed by atoms with E-state index < -0.39 is 0 Å². The van der Waals surface area contributed by atoms with E-state index in [9.17, 15) is 0 Å². The second-order valence-electron chi connectivity index (χ2n) is 4.95. The Morgan fingerprint density at radius 3 is 3.16 bits per heavy atom. The van der Waals surface area contributed by atoms with E-state index in [-0.39, 0.29) is 0 Å². The van der Waals surface area contributed by atoms with Crippen molar-refractivity contribution in [3.63, 3.8) is 0 Å². The van der Waals surface area contributed by atoms with Crippen LogP contribution in [0.4, 0.5) is 0 Å². The predicted octanol–water partition coefficient (Wildman–Crippen LogP) is 2.31. The Morgan fingerprint density at radius 1 is 1.42 bits per heavy atom. The molecule has 2 aromatic heterocycles. The molecule has 0 saturated heterocycles. The van der Waals surface area contributed by atoms with Crippen molar-refractivity contribution in [1.82, 2.24) is 20.3 Å². The molecule has 0 amide bonds. The van der Waals surface area contributed by atoms with Crippen LogP contribution in [0.15, 0.2) is 17.9 Å². The molecule has 2 aromatic rings. The van der Waals surface area contributed by atoms with Crippen molar-refractivity contribution in [2.45, 2.75) is 26.2 Å². The molecule has 0 saturated carbocycles. The van der Waals surface area contributed by atoms with Crippen LogP contribution >= 0.6 is 11.3 Å². The smallest absolute Gasteiger partial charge is 0.171 e. The molecule has 1 aliphatic carbocycles. The zero-order chi connectivity index (χ0) is 13.1. The van der Waals surface area contributed by atoms with Gasteiger partial charge in [-0.3, -0.25) is 4.98 Å². The molecule has 0 spiro atoms. The molecule has 4 nitrogen and oxygen atoms in total. The summed E-state index contributed by atoms with van der Waals surface area (Å²) in [4.78, 5) is 14.3. The van der Waals surface area contributed by atoms with Gasteiger partial charge in [0.1, 0.15) is 0 Å². The number of hydrogen-bond acceptors (Lipinski definition) is 5. The average molecular weight is 274 g/mol. The summed E-state index contributed by atoms with van der Waals surface area (Å²) in [5.74, 6) is 1.55. The van der Waals surface area contributed by atoms with Crippen LogP contribution in [0.2, 0.25) is 0 Å². The second-order valence-corrected chi connectivity index (χ2v) is 5.83. The van der Waals surface area contributed by atoms with Gasteiger partial charge in [-0.25, -0.2) is 9.97 Å². The van der Waals surface area contributed by atoms with Gasteiger partial charge in [0, 0.05) is 18.1 Å². The molecule has 0 bridgehead atoms. The first kappa shape index (κ1) is 12.7. The first-order valence-corrected chi connectivity index (χ1v) is 7.69. The Bertz CT molecular complexity index is 538. The van der Waals surface area contributed by atoms with Gasteiger partial charge >= 0.3 is 0 Å². The van der Waals surface area contributed by atoms with Crippen molar-refractivity contribution in [1.29, 1.82) is 0 Å². The Morgan fingerprint density at radius 2 is 2.37 bits per heavy atom. The molecular formula is C14H18N4S. The molecule has 1 atom stereocenters. The zero-order valence-corrected chi connectivity index (χ0v) is 11.9. The first-order chi connectivity index (χ1) is 9.36. The third-order valence-corrected chi connectivity index (χ3v) is 4.36. The van der Waals surface area contributed by atoms with E-state index in [1.165, 1.54) is 17.7 Å². The molecule has 2 heterocycles. The maximum atomic E-state index is 4.71. The molecule has 1 unspecified atom stereocenters. The standard InChI is InChI=1S/C14H18N4S/c1-2-15-6-10-3-4-12-11(5-10)7-17-14(18-12)13-8-16-9-19-13/h7-10,15H,2-6H2,1H3. The highest BCUT2D eigenvalue weighted by Crippen LogP contribution is 2.26. The maximum Gasteiger partial charge on any atom is 0.171 e. The number of aromatic nitrogens is 3. The van der Waals surface area contributed by atoms with E-state index in [2.05, 4.69) is 22.2 Å². The summed E-state index contributed by atoms with van der Waals surface area (Å²) in [5.41, 5.74) is 4.37. The van der Waals surface area contributed by atoms with Crippen LogP contribution in [0.1, 0.15) is 24.6 Å². The van der Waals surface area contributed by atoms with Gasteiger partial charge in [-0.2, -0.15) is 0 Å². The number of hydrogen-bond donors (Lipinski definition) is 1. The minimum absolute atomic E-state index is 0.727. The molecule has 1 N–H and O–H groups in total. The Balaban J connectivity index is 1.77. The molecule has 1 aliphatic rings. The molecule has 5 heteroatoms. The van der Waals surface area contributed by atoms with Crippen molar-refractivity contribution in [2.75, 3.05) is 13.1 Å². The van der Waals surface area contributed by atoms with Gasteiger partial charge in [0.25, 0.3) is 0 Å². The van der Waals surface area contributed by atoms with Gasteiger partial charge in [-0.1, -0.05) is 6.92 Å². The van der Waals surface area contributed by atoms with Crippen molar-refractivity contribution < 1.29 is 0 Å². The molecule has 19 heavy (non-hydrogen) atoms. The van der Waals surface area contributed by atoms with Gasteiger partial charge in [0.15, 0.2) is 5.82 Å². The number of nitrogens with one attached hydrogen (secondary N) is 1. The molecule has 0 aliphatic heterocycles. The van der Waals surface area contributed by atoms with Gasteiger partial charge in [0.2, 0.25) is 0 Å². The van der Waals surface area contributed by atoms with E-state index in [1.54, 1.807) is 11.3 Å². The fourth-order valence-corrected chi connectivity index (χ4v) is 3.11. The number of nitrogens with zero attached hydrogens (tertiary/aromatic N) is 3. The lowest BCUT2D eigenvalue weighted by Crippen LogP contribution is -2.27. The monoisotopic (exact) mass is 274 g/mol. The van der Waals surface area contributed by atoms with Crippen LogP contribution in [0.5, 0.6) is 0 Å². The largest absolute Gasteiger partial charge is 0.317 e. The maximum absolute atomic E-state index is 4.71. The summed E-state index contributed by atoms with van der Waals surface area (Å²) >= 11 is 1.59. The molecule has 0 aromatic carbocycles. The van der Waals surface area contributed by atoms with Crippen molar-refractivity contribution in [2.24, 2.45) is 5.92 Å². The van der Waals surface area contributed by atoms with Gasteiger partial charge in [-0.05, 0) is 43.8 Å². The quantitative estimate of drug-likeness (QED) is 0.929. The van der Waals surface area contributed by atoms with Crippen LogP contribution in [0.3, 0.4) is 0 Å². The number of fused-ring (bicyclic) bond motifs is 1. The molecular weight excluding hydrogens is 256 g/mol. The van der Waals surface area contributed by atoms with E-state index >= 15 is 0 Å². The highest BCUT2D eigenvalue weighted by molar-refractivity contribution is 7.13. The lowest BCUT2D eigenvalue weighted by molar-refractivity contribution is 0.425. The van der Waals surface area contributed by atoms with Crippen LogP contribution in [-0.4, -0.2) is 28.0 Å². The summed E-state index contributed by atoms with van der Waals surface area (Å²) in [5, 5.41) is 3.44. The third-order valence-electron chi connectivity index (χ3n) is 3.59. The Hall–Kier alpha value is -1.33. The minimum atomic E-state index is 0.727. The minimum Gasteiger partial charge on any atom is -0.317 e. The van der Waals surface area contributed by atoms with E-state index in [0.29, 0.717) is 0 Å². The fraction of sp³-hybridized carbons (Fsp3) is 0.500. The van der Waals surface area contributed by atoms with Crippen LogP contribution in [0.25, 0.3) is 10.7 Å². The highest BCUT2D eigenvalue weighted by atomic mass is 32.1. The molecule has 0 fully saturated rings. The molecule has 0 radical (unpaired) electrons. The number of aryl methyl sites for hydroxylation is 1. The number of rotatable bonds is 4. The average Bonchev–Trinajstić information content (AvgIpc) is 2.98. The summed E-state index contributed by atoms with van der Waals surface area (Å²) in [7, 11) is 0. The van der Waals surface area contributed by atoms with Crippen molar-refractivity contribution in [3.05, 3.63) is 29.2 Å². The van der Waals surface area contributed by atoms with Gasteiger partial charge in [0.05, 0.1) is 10.4 Å². The second kappa shape index (κ2) is 5.75. The van der Waals surface area contributed by atoms with Crippen molar-refractivity contribution >= 4 is 11.3 Å². The lowest BCUT2D eigenvalue weighted by atomic mass is 9.87. The van der Waals surface area contributed by atoms with Crippen LogP contribution < -0.4 is 5.32 Å². The topological polar surface area (TPSA) is 50.7 Å². The number of thiazole rings is 1. The molecule has 3 rings (SSSR count). The Labute approximate surface area is 117 Å². The SMILES string of the molecule is CCNCC1CCc2nc(-c3cncs3)ncc2C1. The van der Waals surface area contributed by atoms with E-state index in [0.717, 1.165) is 42.6 Å². The van der Waals surface area contributed by atoms with Crippen LogP contribution in [-0.2, 0) is 12.8 Å². The lowest BCUT2D eigenvalue weighted by Gasteiger charge is -2.23. The summed E-state index contributed by atoms with van der Waals surface area (Å²) in [6, 6.07) is 0. The fourth-order valence-electron chi connectivity index (χ4n) is 2.55. The van der Waals surface area contributed by atoms with Gasteiger partial charge in [-0.15, -0.1) is 11.3 Å². The normalized spacial score (nSPS) is 18.3. The third kappa shape index (κ3) is 2.82. The summed E-state index contributed by atoms with van der Waals surface area (Å²) in [6.07, 6.45) is 7.24. The summed E-state index contributed by atoms with van der Waals surface area (Å²) < 4.78 is 0. The van der Waals surface area contributed by atoms with E-state index in [4.69, 9.17) is 4.98 Å².